The summed E-state index contributed by atoms with van der Waals surface area (Å²) in [5.41, 5.74) is 0. The van der Waals surface area contributed by atoms with Crippen molar-refractivity contribution in [3.05, 3.63) is 0 Å². The number of aliphatic hydroxyl groups excluding tert-OH is 1. The van der Waals surface area contributed by atoms with Crippen LogP contribution in [0.25, 0.3) is 0 Å². The van der Waals surface area contributed by atoms with Crippen LogP contribution in [0.4, 0.5) is 0 Å². The normalized spacial score (nSPS) is 34.1. The highest BCUT2D eigenvalue weighted by atomic mass is 16.3. The second-order valence-electron chi connectivity index (χ2n) is 5.17. The van der Waals surface area contributed by atoms with Crippen LogP contribution in [0.3, 0.4) is 0 Å². The average Bonchev–Trinajstić information content (AvgIpc) is 2.08. The second-order valence-corrected chi connectivity index (χ2v) is 5.17. The molecule has 2 heteroatoms. The van der Waals surface area contributed by atoms with E-state index in [2.05, 4.69) is 25.7 Å². The number of likely N-dealkylation sites (tertiary alicyclic amines) is 1. The fourth-order valence-corrected chi connectivity index (χ4v) is 2.34. The molecular weight excluding hydrogens is 174 g/mol. The lowest BCUT2D eigenvalue weighted by Crippen LogP contribution is -2.44. The van der Waals surface area contributed by atoms with Gasteiger partial charge in [-0.05, 0) is 45.1 Å². The second kappa shape index (κ2) is 5.13. The number of aliphatic hydroxyl groups is 1. The van der Waals surface area contributed by atoms with Gasteiger partial charge in [0.05, 0.1) is 6.10 Å². The van der Waals surface area contributed by atoms with Gasteiger partial charge < -0.3 is 10.0 Å². The first-order valence-electron chi connectivity index (χ1n) is 5.92. The molecule has 4 unspecified atom stereocenters. The Bertz CT molecular complexity index is 170. The van der Waals surface area contributed by atoms with Gasteiger partial charge in [-0.25, -0.2) is 0 Å². The summed E-state index contributed by atoms with van der Waals surface area (Å²) in [5.74, 6) is 1.67. The Balaban J connectivity index is 2.38. The molecule has 84 valence electrons. The van der Waals surface area contributed by atoms with Crippen molar-refractivity contribution in [1.29, 1.82) is 0 Å². The molecule has 0 aliphatic carbocycles. The van der Waals surface area contributed by atoms with Gasteiger partial charge >= 0.3 is 0 Å². The van der Waals surface area contributed by atoms with Gasteiger partial charge in [0.2, 0.25) is 0 Å². The maximum Gasteiger partial charge on any atom is 0.0526 e. The molecular formula is C12H25NO. The molecule has 1 aliphatic rings. The molecule has 0 radical (unpaired) electrons. The van der Waals surface area contributed by atoms with Crippen LogP contribution in [0, 0.1) is 11.8 Å². The van der Waals surface area contributed by atoms with Crippen molar-refractivity contribution in [3.63, 3.8) is 0 Å². The monoisotopic (exact) mass is 199 g/mol. The van der Waals surface area contributed by atoms with E-state index in [4.69, 9.17) is 0 Å². The lowest BCUT2D eigenvalue weighted by molar-refractivity contribution is 0.0706. The van der Waals surface area contributed by atoms with E-state index in [9.17, 15) is 5.11 Å². The van der Waals surface area contributed by atoms with Crippen LogP contribution in [0.2, 0.25) is 0 Å². The predicted octanol–water partition coefficient (Wildman–Crippen LogP) is 2.12. The van der Waals surface area contributed by atoms with E-state index < -0.39 is 0 Å². The Morgan fingerprint density at radius 2 is 1.93 bits per heavy atom. The minimum absolute atomic E-state index is 0.167. The van der Waals surface area contributed by atoms with E-state index in [1.807, 2.05) is 6.92 Å². The maximum absolute atomic E-state index is 9.34. The van der Waals surface area contributed by atoms with Gasteiger partial charge in [-0.15, -0.1) is 0 Å². The number of hydrogen-bond acceptors (Lipinski definition) is 2. The van der Waals surface area contributed by atoms with Gasteiger partial charge in [-0.2, -0.15) is 0 Å². The zero-order chi connectivity index (χ0) is 10.7. The third kappa shape index (κ3) is 3.25. The summed E-state index contributed by atoms with van der Waals surface area (Å²) in [6.45, 7) is 11.2. The van der Waals surface area contributed by atoms with Gasteiger partial charge in [0, 0.05) is 12.6 Å². The standard InChI is InChI=1S/C12H25NO/c1-9-5-6-13(8-10(9)2)11(3)7-12(4)14/h9-12,14H,5-8H2,1-4H3. The molecule has 1 aliphatic heterocycles. The zero-order valence-electron chi connectivity index (χ0n) is 10.0. The van der Waals surface area contributed by atoms with Crippen molar-refractivity contribution >= 4 is 0 Å². The summed E-state index contributed by atoms with van der Waals surface area (Å²) < 4.78 is 0. The molecule has 0 aromatic carbocycles. The Morgan fingerprint density at radius 3 is 2.43 bits per heavy atom. The van der Waals surface area contributed by atoms with Gasteiger partial charge in [-0.1, -0.05) is 13.8 Å². The molecule has 0 saturated carbocycles. The van der Waals surface area contributed by atoms with E-state index >= 15 is 0 Å². The van der Waals surface area contributed by atoms with Crippen molar-refractivity contribution in [2.75, 3.05) is 13.1 Å². The molecule has 0 bridgehead atoms. The van der Waals surface area contributed by atoms with Crippen LogP contribution < -0.4 is 0 Å². The Kier molecular flexibility index (Phi) is 4.39. The molecule has 1 fully saturated rings. The minimum atomic E-state index is -0.167. The molecule has 4 atom stereocenters. The molecule has 1 heterocycles. The molecule has 0 aromatic rings. The first kappa shape index (κ1) is 12.0. The van der Waals surface area contributed by atoms with Crippen LogP contribution in [-0.4, -0.2) is 35.2 Å². The highest BCUT2D eigenvalue weighted by molar-refractivity contribution is 4.79. The van der Waals surface area contributed by atoms with Gasteiger partial charge in [0.1, 0.15) is 0 Å². The lowest BCUT2D eigenvalue weighted by Gasteiger charge is -2.39. The highest BCUT2D eigenvalue weighted by Gasteiger charge is 2.25. The molecule has 1 saturated heterocycles. The van der Waals surface area contributed by atoms with Gasteiger partial charge in [0.25, 0.3) is 0 Å². The van der Waals surface area contributed by atoms with E-state index in [1.165, 1.54) is 19.5 Å². The number of hydrogen-bond donors (Lipinski definition) is 1. The van der Waals surface area contributed by atoms with Crippen molar-refractivity contribution in [1.82, 2.24) is 4.90 Å². The van der Waals surface area contributed by atoms with Crippen molar-refractivity contribution in [3.8, 4) is 0 Å². The lowest BCUT2D eigenvalue weighted by atomic mass is 9.87. The summed E-state index contributed by atoms with van der Waals surface area (Å²) in [6, 6.07) is 0.532. The minimum Gasteiger partial charge on any atom is -0.393 e. The van der Waals surface area contributed by atoms with E-state index in [-0.39, 0.29) is 6.10 Å². The van der Waals surface area contributed by atoms with Crippen LogP contribution in [-0.2, 0) is 0 Å². The Morgan fingerprint density at radius 1 is 1.29 bits per heavy atom. The predicted molar refractivity (Wildman–Crippen MR) is 60.3 cm³/mol. The van der Waals surface area contributed by atoms with E-state index in [0.29, 0.717) is 6.04 Å². The van der Waals surface area contributed by atoms with Crippen molar-refractivity contribution in [2.24, 2.45) is 11.8 Å². The molecule has 0 spiro atoms. The quantitative estimate of drug-likeness (QED) is 0.752. The first-order valence-corrected chi connectivity index (χ1v) is 5.92. The Hall–Kier alpha value is -0.0800. The highest BCUT2D eigenvalue weighted by Crippen LogP contribution is 2.24. The number of rotatable bonds is 3. The first-order chi connectivity index (χ1) is 6.50. The van der Waals surface area contributed by atoms with Crippen LogP contribution in [0.1, 0.15) is 40.5 Å². The van der Waals surface area contributed by atoms with Gasteiger partial charge in [-0.3, -0.25) is 0 Å². The van der Waals surface area contributed by atoms with Gasteiger partial charge in [0.15, 0.2) is 0 Å². The summed E-state index contributed by atoms with van der Waals surface area (Å²) in [5, 5.41) is 9.34. The fourth-order valence-electron chi connectivity index (χ4n) is 2.34. The summed E-state index contributed by atoms with van der Waals surface area (Å²) in [6.07, 6.45) is 2.05. The average molecular weight is 199 g/mol. The van der Waals surface area contributed by atoms with Crippen LogP contribution >= 0.6 is 0 Å². The topological polar surface area (TPSA) is 23.5 Å². The molecule has 1 N–H and O–H groups in total. The third-order valence-corrected chi connectivity index (χ3v) is 3.67. The van der Waals surface area contributed by atoms with E-state index in [0.717, 1.165) is 18.3 Å². The van der Waals surface area contributed by atoms with Crippen LogP contribution in [0.15, 0.2) is 0 Å². The molecule has 2 nitrogen and oxygen atoms in total. The SMILES string of the molecule is CC(O)CC(C)N1CCC(C)C(C)C1. The third-order valence-electron chi connectivity index (χ3n) is 3.67. The Labute approximate surface area is 88.3 Å². The van der Waals surface area contributed by atoms with Crippen molar-refractivity contribution in [2.45, 2.75) is 52.7 Å². The largest absolute Gasteiger partial charge is 0.393 e. The van der Waals surface area contributed by atoms with E-state index in [1.54, 1.807) is 0 Å². The summed E-state index contributed by atoms with van der Waals surface area (Å²) >= 11 is 0. The smallest absolute Gasteiger partial charge is 0.0526 e. The fraction of sp³-hybridized carbons (Fsp3) is 1.00. The molecule has 1 rings (SSSR count). The van der Waals surface area contributed by atoms with Crippen LogP contribution in [0.5, 0.6) is 0 Å². The maximum atomic E-state index is 9.34. The summed E-state index contributed by atoms with van der Waals surface area (Å²) in [7, 11) is 0. The summed E-state index contributed by atoms with van der Waals surface area (Å²) in [4.78, 5) is 2.53. The molecule has 14 heavy (non-hydrogen) atoms. The van der Waals surface area contributed by atoms with Crippen molar-refractivity contribution < 1.29 is 5.11 Å². The number of nitrogens with zero attached hydrogens (tertiary/aromatic N) is 1. The zero-order valence-corrected chi connectivity index (χ0v) is 10.0. The molecule has 0 amide bonds. The number of piperidine rings is 1. The molecule has 0 aromatic heterocycles.